The lowest BCUT2D eigenvalue weighted by Gasteiger charge is -2.08. The number of aromatic nitrogens is 4. The molecule has 0 bridgehead atoms. The third kappa shape index (κ3) is 2.71. The highest BCUT2D eigenvalue weighted by Crippen LogP contribution is 2.13. The maximum Gasteiger partial charge on any atom is 0.245 e. The van der Waals surface area contributed by atoms with Gasteiger partial charge in [0.1, 0.15) is 6.54 Å². The van der Waals surface area contributed by atoms with Crippen molar-refractivity contribution in [3.63, 3.8) is 0 Å². The molecule has 0 atom stereocenters. The average Bonchev–Trinajstić information content (AvgIpc) is 2.78. The largest absolute Gasteiger partial charge is 0.347 e. The zero-order valence-electron chi connectivity index (χ0n) is 10.7. The predicted octanol–water partition coefficient (Wildman–Crippen LogP) is 0.737. The minimum absolute atomic E-state index is 0.0668. The summed E-state index contributed by atoms with van der Waals surface area (Å²) in [5, 5.41) is 12.0. The minimum atomic E-state index is -0.0668. The van der Waals surface area contributed by atoms with E-state index < -0.39 is 0 Å². The number of rotatable bonds is 3. The summed E-state index contributed by atoms with van der Waals surface area (Å²) in [6.45, 7) is 2.12. The highest BCUT2D eigenvalue weighted by atomic mass is 16.2. The van der Waals surface area contributed by atoms with E-state index in [9.17, 15) is 4.79 Å². The molecule has 1 heterocycles. The Morgan fingerprint density at radius 2 is 1.94 bits per heavy atom. The van der Waals surface area contributed by atoms with E-state index in [4.69, 9.17) is 0 Å². The second-order valence-corrected chi connectivity index (χ2v) is 4.30. The van der Waals surface area contributed by atoms with E-state index in [-0.39, 0.29) is 12.5 Å². The van der Waals surface area contributed by atoms with Crippen molar-refractivity contribution in [3.05, 3.63) is 29.8 Å². The molecule has 18 heavy (non-hydrogen) atoms. The van der Waals surface area contributed by atoms with Gasteiger partial charge in [-0.3, -0.25) is 4.79 Å². The molecular formula is C12H15N5O. The van der Waals surface area contributed by atoms with Crippen molar-refractivity contribution in [2.45, 2.75) is 13.5 Å². The van der Waals surface area contributed by atoms with Crippen molar-refractivity contribution in [1.82, 2.24) is 25.1 Å². The molecule has 0 N–H and O–H groups in total. The van der Waals surface area contributed by atoms with Crippen molar-refractivity contribution in [1.29, 1.82) is 0 Å². The molecule has 1 aromatic heterocycles. The summed E-state index contributed by atoms with van der Waals surface area (Å²) in [7, 11) is 3.39. The quantitative estimate of drug-likeness (QED) is 0.800. The van der Waals surface area contributed by atoms with Crippen LogP contribution in [0.2, 0.25) is 0 Å². The van der Waals surface area contributed by atoms with Crippen LogP contribution >= 0.6 is 0 Å². The van der Waals surface area contributed by atoms with Gasteiger partial charge in [0.15, 0.2) is 0 Å². The number of likely N-dealkylation sites (N-methyl/N-ethyl adjacent to an activating group) is 1. The number of tetrazole rings is 1. The number of hydrogen-bond acceptors (Lipinski definition) is 4. The van der Waals surface area contributed by atoms with E-state index in [0.717, 1.165) is 5.56 Å². The van der Waals surface area contributed by atoms with Gasteiger partial charge >= 0.3 is 0 Å². The Morgan fingerprint density at radius 3 is 2.56 bits per heavy atom. The van der Waals surface area contributed by atoms with Crippen LogP contribution in [0.4, 0.5) is 0 Å². The van der Waals surface area contributed by atoms with Crippen LogP contribution in [0.5, 0.6) is 0 Å². The first kappa shape index (κ1) is 12.2. The summed E-state index contributed by atoms with van der Waals surface area (Å²) in [6, 6.07) is 7.84. The molecule has 1 amide bonds. The maximum atomic E-state index is 11.5. The van der Waals surface area contributed by atoms with Crippen LogP contribution < -0.4 is 0 Å². The second kappa shape index (κ2) is 4.95. The Kier molecular flexibility index (Phi) is 3.36. The number of aryl methyl sites for hydroxylation is 1. The molecule has 94 valence electrons. The lowest BCUT2D eigenvalue weighted by Crippen LogP contribution is -2.27. The predicted molar refractivity (Wildman–Crippen MR) is 66.7 cm³/mol. The summed E-state index contributed by atoms with van der Waals surface area (Å²) in [5.74, 6) is 0.462. The molecule has 0 aliphatic carbocycles. The smallest absolute Gasteiger partial charge is 0.245 e. The van der Waals surface area contributed by atoms with Crippen LogP contribution in [-0.4, -0.2) is 45.1 Å². The molecule has 0 radical (unpaired) electrons. The first-order valence-corrected chi connectivity index (χ1v) is 5.61. The number of amides is 1. The van der Waals surface area contributed by atoms with E-state index >= 15 is 0 Å². The Balaban J connectivity index is 2.15. The van der Waals surface area contributed by atoms with Crippen molar-refractivity contribution in [2.75, 3.05) is 14.1 Å². The minimum Gasteiger partial charge on any atom is -0.347 e. The first-order valence-electron chi connectivity index (χ1n) is 5.61. The van der Waals surface area contributed by atoms with Gasteiger partial charge in [0, 0.05) is 19.7 Å². The van der Waals surface area contributed by atoms with Crippen LogP contribution in [0.3, 0.4) is 0 Å². The van der Waals surface area contributed by atoms with Gasteiger partial charge in [-0.25, -0.2) is 0 Å². The van der Waals surface area contributed by atoms with Gasteiger partial charge in [0.2, 0.25) is 11.7 Å². The summed E-state index contributed by atoms with van der Waals surface area (Å²) in [5.41, 5.74) is 2.07. The summed E-state index contributed by atoms with van der Waals surface area (Å²) in [4.78, 5) is 14.3. The lowest BCUT2D eigenvalue weighted by atomic mass is 10.1. The maximum absolute atomic E-state index is 11.5. The monoisotopic (exact) mass is 245 g/mol. The van der Waals surface area contributed by atoms with Gasteiger partial charge in [-0.1, -0.05) is 29.8 Å². The van der Waals surface area contributed by atoms with Gasteiger partial charge in [0.05, 0.1) is 0 Å². The highest BCUT2D eigenvalue weighted by molar-refractivity contribution is 5.75. The summed E-state index contributed by atoms with van der Waals surface area (Å²) < 4.78 is 0. The number of carbonyl (C=O) groups excluding carboxylic acids is 1. The molecule has 0 fully saturated rings. The Bertz CT molecular complexity index is 544. The van der Waals surface area contributed by atoms with E-state index in [0.29, 0.717) is 5.82 Å². The standard InChI is InChI=1S/C12H15N5O/c1-9-4-6-10(7-5-9)12-13-15-17(14-12)8-11(18)16(2)3/h4-7H,8H2,1-3H3. The SMILES string of the molecule is Cc1ccc(-c2nnn(CC(=O)N(C)C)n2)cc1. The van der Waals surface area contributed by atoms with Crippen LogP contribution in [0.1, 0.15) is 5.56 Å². The van der Waals surface area contributed by atoms with Crippen LogP contribution in [-0.2, 0) is 11.3 Å². The van der Waals surface area contributed by atoms with Gasteiger partial charge in [0.25, 0.3) is 0 Å². The molecule has 1 aromatic carbocycles. The Morgan fingerprint density at radius 1 is 1.28 bits per heavy atom. The van der Waals surface area contributed by atoms with E-state index in [1.165, 1.54) is 15.3 Å². The fourth-order valence-corrected chi connectivity index (χ4v) is 1.39. The normalized spacial score (nSPS) is 10.4. The molecule has 6 nitrogen and oxygen atoms in total. The average molecular weight is 245 g/mol. The van der Waals surface area contributed by atoms with Crippen molar-refractivity contribution >= 4 is 5.91 Å². The molecule has 6 heteroatoms. The topological polar surface area (TPSA) is 63.9 Å². The number of nitrogens with zero attached hydrogens (tertiary/aromatic N) is 5. The summed E-state index contributed by atoms with van der Waals surface area (Å²) >= 11 is 0. The molecular weight excluding hydrogens is 230 g/mol. The molecule has 0 saturated heterocycles. The zero-order chi connectivity index (χ0) is 13.1. The van der Waals surface area contributed by atoms with Crippen molar-refractivity contribution in [3.8, 4) is 11.4 Å². The Labute approximate surface area is 105 Å². The van der Waals surface area contributed by atoms with E-state index in [2.05, 4.69) is 15.4 Å². The number of carbonyl (C=O) groups is 1. The number of benzene rings is 1. The van der Waals surface area contributed by atoms with E-state index in [1.807, 2.05) is 31.2 Å². The molecule has 2 rings (SSSR count). The molecule has 0 spiro atoms. The summed E-state index contributed by atoms with van der Waals surface area (Å²) in [6.07, 6.45) is 0. The first-order chi connectivity index (χ1) is 8.56. The lowest BCUT2D eigenvalue weighted by molar-refractivity contribution is -0.129. The van der Waals surface area contributed by atoms with Crippen LogP contribution in [0.25, 0.3) is 11.4 Å². The van der Waals surface area contributed by atoms with Crippen molar-refractivity contribution < 1.29 is 4.79 Å². The van der Waals surface area contributed by atoms with E-state index in [1.54, 1.807) is 14.1 Å². The second-order valence-electron chi connectivity index (χ2n) is 4.30. The van der Waals surface area contributed by atoms with Gasteiger partial charge in [-0.05, 0) is 12.1 Å². The molecule has 0 saturated carbocycles. The third-order valence-electron chi connectivity index (χ3n) is 2.54. The zero-order valence-corrected chi connectivity index (χ0v) is 10.7. The van der Waals surface area contributed by atoms with Gasteiger partial charge in [-0.15, -0.1) is 10.2 Å². The molecule has 2 aromatic rings. The molecule has 0 unspecified atom stereocenters. The van der Waals surface area contributed by atoms with Crippen molar-refractivity contribution in [2.24, 2.45) is 0 Å². The highest BCUT2D eigenvalue weighted by Gasteiger charge is 2.10. The van der Waals surface area contributed by atoms with Gasteiger partial charge in [-0.2, -0.15) is 4.80 Å². The van der Waals surface area contributed by atoms with Crippen LogP contribution in [0, 0.1) is 6.92 Å². The molecule has 0 aliphatic heterocycles. The fraction of sp³-hybridized carbons (Fsp3) is 0.333. The Hall–Kier alpha value is -2.24. The molecule has 0 aliphatic rings. The van der Waals surface area contributed by atoms with Gasteiger partial charge < -0.3 is 4.90 Å². The van der Waals surface area contributed by atoms with Crippen LogP contribution in [0.15, 0.2) is 24.3 Å². The fourth-order valence-electron chi connectivity index (χ4n) is 1.39. The third-order valence-corrected chi connectivity index (χ3v) is 2.54. The number of hydrogen-bond donors (Lipinski definition) is 0.